The lowest BCUT2D eigenvalue weighted by molar-refractivity contribution is 0.222. The Morgan fingerprint density at radius 1 is 1.08 bits per heavy atom. The number of anilines is 1. The van der Waals surface area contributed by atoms with E-state index in [0.717, 1.165) is 57.6 Å². The Kier molecular flexibility index (Phi) is 11.4. The normalized spacial score (nSPS) is 17.3. The van der Waals surface area contributed by atoms with E-state index in [1.807, 2.05) is 13.0 Å². The molecule has 1 fully saturated rings. The van der Waals surface area contributed by atoms with E-state index in [-0.39, 0.29) is 5.66 Å². The van der Waals surface area contributed by atoms with Gasteiger partial charge in [-0.2, -0.15) is 0 Å². The van der Waals surface area contributed by atoms with Gasteiger partial charge in [-0.3, -0.25) is 4.57 Å². The zero-order chi connectivity index (χ0) is 27.8. The van der Waals surface area contributed by atoms with Gasteiger partial charge in [-0.15, -0.1) is 0 Å². The zero-order valence-corrected chi connectivity index (χ0v) is 26.0. The topological polar surface area (TPSA) is 38.8 Å². The SMILES string of the molecule is CCOP(C)(=O)[C@H](CC)Cc1cccc(OCC2CCN(c3cc(C)ccc3CCCC(C)(C)C)CC2)c1. The van der Waals surface area contributed by atoms with Crippen molar-refractivity contribution in [3.8, 4) is 5.75 Å². The molecule has 5 heteroatoms. The van der Waals surface area contributed by atoms with Crippen molar-refractivity contribution in [2.75, 3.05) is 37.9 Å². The van der Waals surface area contributed by atoms with Gasteiger partial charge in [0.25, 0.3) is 0 Å². The lowest BCUT2D eigenvalue weighted by atomic mass is 9.88. The van der Waals surface area contributed by atoms with Crippen LogP contribution in [0.5, 0.6) is 5.75 Å². The molecule has 2 atom stereocenters. The quantitative estimate of drug-likeness (QED) is 0.237. The van der Waals surface area contributed by atoms with E-state index in [0.29, 0.717) is 17.9 Å². The van der Waals surface area contributed by atoms with Gasteiger partial charge in [0.1, 0.15) is 5.75 Å². The minimum Gasteiger partial charge on any atom is -0.493 e. The van der Waals surface area contributed by atoms with Gasteiger partial charge in [0.2, 0.25) is 7.37 Å². The van der Waals surface area contributed by atoms with E-state index in [2.05, 4.69) is 75.9 Å². The molecule has 0 saturated carbocycles. The standard InChI is InChI=1S/C33H52NO3P/c1-8-31(38(7,35)37-9-2)24-28-12-10-14-30(23-28)36-25-27-17-20-34(21-18-27)32-22-26(3)15-16-29(32)13-11-19-33(4,5)6/h10,12,14-16,22-23,27,31H,8-9,11,13,17-21,24-25H2,1-7H3/t31-,38?/m1/s1. The maximum atomic E-state index is 13.0. The minimum atomic E-state index is -2.62. The van der Waals surface area contributed by atoms with Crippen molar-refractivity contribution < 1.29 is 13.8 Å². The van der Waals surface area contributed by atoms with Gasteiger partial charge in [-0.25, -0.2) is 0 Å². The summed E-state index contributed by atoms with van der Waals surface area (Å²) < 4.78 is 24.9. The summed E-state index contributed by atoms with van der Waals surface area (Å²) in [6.07, 6.45) is 7.56. The number of piperidine rings is 1. The molecule has 4 nitrogen and oxygen atoms in total. The summed E-state index contributed by atoms with van der Waals surface area (Å²) >= 11 is 0. The first-order valence-electron chi connectivity index (χ1n) is 14.8. The summed E-state index contributed by atoms with van der Waals surface area (Å²) in [7, 11) is -2.62. The predicted octanol–water partition coefficient (Wildman–Crippen LogP) is 8.92. The van der Waals surface area contributed by atoms with Crippen LogP contribution in [0.1, 0.15) is 83.4 Å². The summed E-state index contributed by atoms with van der Waals surface area (Å²) in [4.78, 5) is 2.60. The lowest BCUT2D eigenvalue weighted by Crippen LogP contribution is -2.36. The molecular formula is C33H52NO3P. The Bertz CT molecular complexity index is 1050. The summed E-state index contributed by atoms with van der Waals surface area (Å²) in [6.45, 7) is 18.4. The van der Waals surface area contributed by atoms with Crippen LogP contribution in [0.15, 0.2) is 42.5 Å². The Morgan fingerprint density at radius 2 is 1.82 bits per heavy atom. The number of hydrogen-bond acceptors (Lipinski definition) is 4. The van der Waals surface area contributed by atoms with Crippen molar-refractivity contribution in [2.45, 2.75) is 92.1 Å². The first-order chi connectivity index (χ1) is 18.0. The molecule has 0 spiro atoms. The van der Waals surface area contributed by atoms with Crippen LogP contribution in [-0.2, 0) is 21.9 Å². The van der Waals surface area contributed by atoms with Crippen LogP contribution in [0.3, 0.4) is 0 Å². The van der Waals surface area contributed by atoms with Crippen LogP contribution in [0, 0.1) is 18.3 Å². The third-order valence-electron chi connectivity index (χ3n) is 7.94. The summed E-state index contributed by atoms with van der Waals surface area (Å²) in [5, 5.41) is 0. The highest BCUT2D eigenvalue weighted by Crippen LogP contribution is 2.50. The Hall–Kier alpha value is -1.77. The van der Waals surface area contributed by atoms with Gasteiger partial charge in [-0.05, 0) is 105 Å². The summed E-state index contributed by atoms with van der Waals surface area (Å²) in [5.74, 6) is 1.49. The fourth-order valence-corrected chi connectivity index (χ4v) is 7.51. The van der Waals surface area contributed by atoms with E-state index in [4.69, 9.17) is 9.26 Å². The maximum Gasteiger partial charge on any atom is 0.203 e. The first kappa shape index (κ1) is 30.8. The Morgan fingerprint density at radius 3 is 2.47 bits per heavy atom. The third-order valence-corrected chi connectivity index (χ3v) is 10.6. The molecule has 1 aliphatic heterocycles. The molecule has 2 aromatic rings. The van der Waals surface area contributed by atoms with Crippen molar-refractivity contribution in [1.82, 2.24) is 0 Å². The molecule has 2 aromatic carbocycles. The molecule has 0 aliphatic carbocycles. The second-order valence-electron chi connectivity index (χ2n) is 12.5. The van der Waals surface area contributed by atoms with E-state index < -0.39 is 7.37 Å². The molecule has 1 heterocycles. The average molecular weight is 542 g/mol. The highest BCUT2D eigenvalue weighted by atomic mass is 31.2. The molecule has 0 amide bonds. The number of ether oxygens (including phenoxy) is 1. The van der Waals surface area contributed by atoms with Gasteiger partial charge < -0.3 is 14.2 Å². The Balaban J connectivity index is 1.53. The molecule has 0 N–H and O–H groups in total. The predicted molar refractivity (Wildman–Crippen MR) is 163 cm³/mol. The molecule has 3 rings (SSSR count). The van der Waals surface area contributed by atoms with Gasteiger partial charge in [-0.1, -0.05) is 52.0 Å². The van der Waals surface area contributed by atoms with E-state index in [1.54, 1.807) is 6.66 Å². The number of hydrogen-bond donors (Lipinski definition) is 0. The molecule has 1 unspecified atom stereocenters. The smallest absolute Gasteiger partial charge is 0.203 e. The van der Waals surface area contributed by atoms with Crippen LogP contribution >= 0.6 is 7.37 Å². The largest absolute Gasteiger partial charge is 0.493 e. The van der Waals surface area contributed by atoms with Crippen LogP contribution in [0.2, 0.25) is 0 Å². The molecule has 212 valence electrons. The van der Waals surface area contributed by atoms with E-state index in [9.17, 15) is 4.57 Å². The van der Waals surface area contributed by atoms with E-state index in [1.165, 1.54) is 35.2 Å². The lowest BCUT2D eigenvalue weighted by Gasteiger charge is -2.35. The number of nitrogens with zero attached hydrogens (tertiary/aromatic N) is 1. The third kappa shape index (κ3) is 9.45. The number of benzene rings is 2. The zero-order valence-electron chi connectivity index (χ0n) is 25.1. The average Bonchev–Trinajstić information content (AvgIpc) is 2.86. The van der Waals surface area contributed by atoms with Crippen LogP contribution < -0.4 is 9.64 Å². The van der Waals surface area contributed by atoms with Crippen molar-refractivity contribution in [1.29, 1.82) is 0 Å². The minimum absolute atomic E-state index is 0.0435. The highest BCUT2D eigenvalue weighted by Gasteiger charge is 2.28. The van der Waals surface area contributed by atoms with Gasteiger partial charge >= 0.3 is 0 Å². The molecule has 38 heavy (non-hydrogen) atoms. The maximum absolute atomic E-state index is 13.0. The van der Waals surface area contributed by atoms with Crippen molar-refractivity contribution in [3.05, 3.63) is 59.2 Å². The van der Waals surface area contributed by atoms with Crippen molar-refractivity contribution >= 4 is 13.1 Å². The Labute approximate surface area is 233 Å². The van der Waals surface area contributed by atoms with Crippen LogP contribution in [-0.4, -0.2) is 38.6 Å². The molecular weight excluding hydrogens is 489 g/mol. The molecule has 0 aromatic heterocycles. The molecule has 0 bridgehead atoms. The van der Waals surface area contributed by atoms with Crippen LogP contribution in [0.25, 0.3) is 0 Å². The van der Waals surface area contributed by atoms with Crippen molar-refractivity contribution in [2.24, 2.45) is 11.3 Å². The van der Waals surface area contributed by atoms with Crippen LogP contribution in [0.4, 0.5) is 5.69 Å². The second kappa shape index (κ2) is 14.0. The number of aryl methyl sites for hydroxylation is 2. The van der Waals surface area contributed by atoms with E-state index >= 15 is 0 Å². The number of rotatable bonds is 13. The summed E-state index contributed by atoms with van der Waals surface area (Å²) in [5.41, 5.74) is 5.89. The second-order valence-corrected chi connectivity index (χ2v) is 15.3. The monoisotopic (exact) mass is 541 g/mol. The van der Waals surface area contributed by atoms with Gasteiger partial charge in [0.15, 0.2) is 0 Å². The molecule has 1 saturated heterocycles. The summed E-state index contributed by atoms with van der Waals surface area (Å²) in [6, 6.07) is 15.3. The first-order valence-corrected chi connectivity index (χ1v) is 16.9. The van der Waals surface area contributed by atoms with Gasteiger partial charge in [0, 0.05) is 31.1 Å². The van der Waals surface area contributed by atoms with Gasteiger partial charge in [0.05, 0.1) is 13.2 Å². The fraction of sp³-hybridized carbons (Fsp3) is 0.636. The van der Waals surface area contributed by atoms with Crippen molar-refractivity contribution in [3.63, 3.8) is 0 Å². The molecule has 0 radical (unpaired) electrons. The highest BCUT2D eigenvalue weighted by molar-refractivity contribution is 7.58. The fourth-order valence-electron chi connectivity index (χ4n) is 5.58. The molecule has 1 aliphatic rings.